The number of rotatable bonds is 4. The number of halogens is 3. The standard InChI is InChI=1S/C25H27F3N4O3/c1-24(2,3)35-23(34)32-12-6-7-16(32)14-29-22-18-9-5-4-8-17(18)21(30-31-22)19-11-10-15(13-20(19)33)25(26,27)28/h4-5,8-11,13,16,33H,6-7,12,14H2,1-3H3,(H,29,31)/t16-/m0/s1. The van der Waals surface area contributed by atoms with Crippen LogP contribution in [0.1, 0.15) is 39.2 Å². The summed E-state index contributed by atoms with van der Waals surface area (Å²) < 4.78 is 44.5. The van der Waals surface area contributed by atoms with Crippen molar-refractivity contribution >= 4 is 22.7 Å². The van der Waals surface area contributed by atoms with Gasteiger partial charge in [0.25, 0.3) is 0 Å². The van der Waals surface area contributed by atoms with Gasteiger partial charge in [-0.1, -0.05) is 24.3 Å². The Bertz CT molecular complexity index is 1240. The molecule has 1 aliphatic rings. The van der Waals surface area contributed by atoms with Crippen molar-refractivity contribution in [3.8, 4) is 17.0 Å². The van der Waals surface area contributed by atoms with Gasteiger partial charge in [0.15, 0.2) is 5.82 Å². The van der Waals surface area contributed by atoms with E-state index in [0.29, 0.717) is 35.7 Å². The third-order valence-electron chi connectivity index (χ3n) is 5.78. The molecule has 1 fully saturated rings. The molecule has 2 heterocycles. The Labute approximate surface area is 200 Å². The van der Waals surface area contributed by atoms with Crippen LogP contribution in [0.4, 0.5) is 23.8 Å². The largest absolute Gasteiger partial charge is 0.507 e. The van der Waals surface area contributed by atoms with Crippen molar-refractivity contribution in [2.24, 2.45) is 0 Å². The smallest absolute Gasteiger partial charge is 0.416 e. The zero-order valence-corrected chi connectivity index (χ0v) is 19.7. The van der Waals surface area contributed by atoms with Crippen LogP contribution in [0.3, 0.4) is 0 Å². The van der Waals surface area contributed by atoms with Gasteiger partial charge in [0.05, 0.1) is 11.6 Å². The second kappa shape index (κ2) is 9.24. The molecule has 1 amide bonds. The maximum atomic E-state index is 13.0. The number of phenols is 1. The van der Waals surface area contributed by atoms with E-state index in [1.54, 1.807) is 17.0 Å². The van der Waals surface area contributed by atoms with Crippen LogP contribution in [0.2, 0.25) is 0 Å². The molecule has 0 aliphatic carbocycles. The van der Waals surface area contributed by atoms with Crippen LogP contribution in [-0.4, -0.2) is 51.0 Å². The number of anilines is 1. The number of aromatic hydroxyl groups is 1. The monoisotopic (exact) mass is 488 g/mol. The van der Waals surface area contributed by atoms with Crippen LogP contribution in [0.15, 0.2) is 42.5 Å². The maximum Gasteiger partial charge on any atom is 0.416 e. The van der Waals surface area contributed by atoms with Crippen molar-refractivity contribution in [3.63, 3.8) is 0 Å². The van der Waals surface area contributed by atoms with E-state index in [-0.39, 0.29) is 23.4 Å². The second-order valence-corrected chi connectivity index (χ2v) is 9.52. The third kappa shape index (κ3) is 5.41. The summed E-state index contributed by atoms with van der Waals surface area (Å²) in [6.45, 7) is 6.52. The predicted octanol–water partition coefficient (Wildman–Crippen LogP) is 5.83. The molecule has 0 unspecified atom stereocenters. The van der Waals surface area contributed by atoms with Gasteiger partial charge in [-0.15, -0.1) is 10.2 Å². The fourth-order valence-electron chi connectivity index (χ4n) is 4.16. The van der Waals surface area contributed by atoms with Crippen molar-refractivity contribution in [2.75, 3.05) is 18.4 Å². The average Bonchev–Trinajstić information content (AvgIpc) is 3.25. The summed E-state index contributed by atoms with van der Waals surface area (Å²) in [5.74, 6) is -0.0502. The molecule has 0 saturated carbocycles. The lowest BCUT2D eigenvalue weighted by atomic mass is 10.0. The number of ether oxygens (including phenoxy) is 1. The Morgan fingerprint density at radius 3 is 2.51 bits per heavy atom. The molecule has 1 saturated heterocycles. The number of likely N-dealkylation sites (tertiary alicyclic amines) is 1. The number of alkyl halides is 3. The van der Waals surface area contributed by atoms with Crippen LogP contribution < -0.4 is 5.32 Å². The topological polar surface area (TPSA) is 87.6 Å². The molecule has 1 aliphatic heterocycles. The first-order chi connectivity index (χ1) is 16.4. The first-order valence-corrected chi connectivity index (χ1v) is 11.3. The van der Waals surface area contributed by atoms with Gasteiger partial charge in [-0.3, -0.25) is 0 Å². The minimum absolute atomic E-state index is 0.0796. The van der Waals surface area contributed by atoms with Gasteiger partial charge in [0.2, 0.25) is 0 Å². The lowest BCUT2D eigenvalue weighted by molar-refractivity contribution is -0.137. The van der Waals surface area contributed by atoms with Crippen molar-refractivity contribution in [3.05, 3.63) is 48.0 Å². The number of phenolic OH excluding ortho intramolecular Hbond substituents is 1. The summed E-state index contributed by atoms with van der Waals surface area (Å²) in [5.41, 5.74) is -1.10. The van der Waals surface area contributed by atoms with Crippen molar-refractivity contribution in [1.82, 2.24) is 15.1 Å². The van der Waals surface area contributed by atoms with Crippen LogP contribution in [-0.2, 0) is 10.9 Å². The molecule has 186 valence electrons. The molecule has 1 atom stereocenters. The zero-order valence-electron chi connectivity index (χ0n) is 19.7. The quantitative estimate of drug-likeness (QED) is 0.480. The van der Waals surface area contributed by atoms with Crippen molar-refractivity contribution in [1.29, 1.82) is 0 Å². The molecule has 0 bridgehead atoms. The Morgan fingerprint density at radius 2 is 1.86 bits per heavy atom. The molecule has 2 N–H and O–H groups in total. The van der Waals surface area contributed by atoms with E-state index in [9.17, 15) is 23.1 Å². The van der Waals surface area contributed by atoms with E-state index >= 15 is 0 Å². The second-order valence-electron chi connectivity index (χ2n) is 9.52. The molecule has 7 nitrogen and oxygen atoms in total. The van der Waals surface area contributed by atoms with Crippen molar-refractivity contribution < 1.29 is 27.8 Å². The number of nitrogens with zero attached hydrogens (tertiary/aromatic N) is 3. The molecule has 2 aromatic carbocycles. The summed E-state index contributed by atoms with van der Waals surface area (Å²) >= 11 is 0. The van der Waals surface area contributed by atoms with E-state index in [1.165, 1.54) is 6.07 Å². The van der Waals surface area contributed by atoms with Gasteiger partial charge in [0.1, 0.15) is 17.0 Å². The average molecular weight is 489 g/mol. The molecule has 1 aromatic heterocycles. The molecule has 35 heavy (non-hydrogen) atoms. The Hall–Kier alpha value is -3.56. The Kier molecular flexibility index (Phi) is 6.48. The normalized spacial score (nSPS) is 16.5. The highest BCUT2D eigenvalue weighted by Gasteiger charge is 2.33. The lowest BCUT2D eigenvalue weighted by Crippen LogP contribution is -2.42. The van der Waals surface area contributed by atoms with E-state index in [2.05, 4.69) is 15.5 Å². The minimum atomic E-state index is -4.56. The summed E-state index contributed by atoms with van der Waals surface area (Å²) in [5, 5.41) is 23.4. The van der Waals surface area contributed by atoms with E-state index in [1.807, 2.05) is 32.9 Å². The van der Waals surface area contributed by atoms with Gasteiger partial charge >= 0.3 is 12.3 Å². The number of fused-ring (bicyclic) bond motifs is 1. The molecule has 0 radical (unpaired) electrons. The molecule has 3 aromatic rings. The SMILES string of the molecule is CC(C)(C)OC(=O)N1CCC[C@H]1CNc1nnc(-c2ccc(C(F)(F)F)cc2O)c2ccccc12. The molecular formula is C25H27F3N4O3. The minimum Gasteiger partial charge on any atom is -0.507 e. The molecule has 10 heteroatoms. The van der Waals surface area contributed by atoms with E-state index in [4.69, 9.17) is 4.74 Å². The molecule has 0 spiro atoms. The van der Waals surface area contributed by atoms with Gasteiger partial charge < -0.3 is 20.1 Å². The summed E-state index contributed by atoms with van der Waals surface area (Å²) in [6.07, 6.45) is -3.24. The summed E-state index contributed by atoms with van der Waals surface area (Å²) in [4.78, 5) is 14.3. The van der Waals surface area contributed by atoms with Gasteiger partial charge in [-0.05, 0) is 51.8 Å². The lowest BCUT2D eigenvalue weighted by Gasteiger charge is -2.28. The molecular weight excluding hydrogens is 461 g/mol. The first kappa shape index (κ1) is 24.6. The third-order valence-corrected chi connectivity index (χ3v) is 5.78. The summed E-state index contributed by atoms with van der Waals surface area (Å²) in [6, 6.07) is 9.88. The number of carbonyl (C=O) groups excluding carboxylic acids is 1. The van der Waals surface area contributed by atoms with Crippen molar-refractivity contribution in [2.45, 2.75) is 51.4 Å². The molecule has 4 rings (SSSR count). The van der Waals surface area contributed by atoms with Crippen LogP contribution in [0, 0.1) is 0 Å². The zero-order chi connectivity index (χ0) is 25.4. The number of carbonyl (C=O) groups is 1. The van der Waals surface area contributed by atoms with Crippen LogP contribution in [0.25, 0.3) is 22.0 Å². The number of amides is 1. The number of benzene rings is 2. The fourth-order valence-corrected chi connectivity index (χ4v) is 4.16. The van der Waals surface area contributed by atoms with Gasteiger partial charge in [-0.2, -0.15) is 13.2 Å². The highest BCUT2D eigenvalue weighted by molar-refractivity contribution is 6.00. The van der Waals surface area contributed by atoms with Gasteiger partial charge in [-0.25, -0.2) is 4.79 Å². The predicted molar refractivity (Wildman–Crippen MR) is 126 cm³/mol. The van der Waals surface area contributed by atoms with Gasteiger partial charge in [0, 0.05) is 29.4 Å². The Morgan fingerprint density at radius 1 is 1.14 bits per heavy atom. The number of nitrogens with one attached hydrogen (secondary N) is 1. The highest BCUT2D eigenvalue weighted by Crippen LogP contribution is 2.38. The number of aromatic nitrogens is 2. The number of hydrogen-bond donors (Lipinski definition) is 2. The summed E-state index contributed by atoms with van der Waals surface area (Å²) in [7, 11) is 0. The first-order valence-electron chi connectivity index (χ1n) is 11.3. The highest BCUT2D eigenvalue weighted by atomic mass is 19.4. The Balaban J connectivity index is 1.59. The number of hydrogen-bond acceptors (Lipinski definition) is 6. The van der Waals surface area contributed by atoms with E-state index < -0.39 is 23.1 Å². The fraction of sp³-hybridized carbons (Fsp3) is 0.400. The van der Waals surface area contributed by atoms with Crippen LogP contribution in [0.5, 0.6) is 5.75 Å². The van der Waals surface area contributed by atoms with E-state index in [0.717, 1.165) is 18.9 Å². The maximum absolute atomic E-state index is 13.0. The van der Waals surface area contributed by atoms with Crippen LogP contribution >= 0.6 is 0 Å².